The number of hydrogen-bond donors (Lipinski definition) is 0. The minimum atomic E-state index is -3.68. The van der Waals surface area contributed by atoms with E-state index in [4.69, 9.17) is 20.9 Å². The minimum Gasteiger partial charge on any atom is -0.399 e. The van der Waals surface area contributed by atoms with Gasteiger partial charge in [-0.15, -0.1) is 11.6 Å². The van der Waals surface area contributed by atoms with E-state index in [1.807, 2.05) is 27.7 Å². The van der Waals surface area contributed by atoms with Crippen molar-refractivity contribution in [2.45, 2.75) is 75.8 Å². The summed E-state index contributed by atoms with van der Waals surface area (Å²) in [7, 11) is -4.33. The summed E-state index contributed by atoms with van der Waals surface area (Å²) in [6.07, 6.45) is 5.87. The van der Waals surface area contributed by atoms with Gasteiger partial charge in [-0.05, 0) is 53.4 Å². The highest BCUT2D eigenvalue weighted by atomic mass is 35.5. The molecule has 2 saturated heterocycles. The molecule has 1 atom stereocenters. The van der Waals surface area contributed by atoms with Crippen LogP contribution in [-0.2, 0) is 23.9 Å². The monoisotopic (exact) mass is 457 g/mol. The molecule has 2 fully saturated rings. The Bertz CT molecular complexity index is 863. The third-order valence-electron chi connectivity index (χ3n) is 6.23. The molecule has 2 aliphatic rings. The smallest absolute Gasteiger partial charge is 0.399 e. The van der Waals surface area contributed by atoms with Crippen molar-refractivity contribution in [2.24, 2.45) is 0 Å². The third-order valence-corrected chi connectivity index (χ3v) is 8.00. The molecule has 0 bridgehead atoms. The SMILES string of the molecule is CC1(C)OB(c2cnc(S(=O)(=O)CCC3CCCCN3C(=O)CCl)nc2)OC1(C)C. The topological polar surface area (TPSA) is 98.7 Å². The first-order valence-corrected chi connectivity index (χ1v) is 12.4. The lowest BCUT2D eigenvalue weighted by Gasteiger charge is -2.35. The van der Waals surface area contributed by atoms with Gasteiger partial charge in [-0.25, -0.2) is 18.4 Å². The Kier molecular flexibility index (Phi) is 6.82. The van der Waals surface area contributed by atoms with Crippen LogP contribution in [0.2, 0.25) is 0 Å². The van der Waals surface area contributed by atoms with E-state index in [0.29, 0.717) is 18.4 Å². The molecule has 11 heteroatoms. The first kappa shape index (κ1) is 23.4. The molecular formula is C19H29BClN3O5S. The Morgan fingerprint density at radius 2 is 1.80 bits per heavy atom. The summed E-state index contributed by atoms with van der Waals surface area (Å²) in [6.45, 7) is 8.38. The van der Waals surface area contributed by atoms with Gasteiger partial charge in [0.05, 0.1) is 17.0 Å². The van der Waals surface area contributed by atoms with Gasteiger partial charge < -0.3 is 14.2 Å². The van der Waals surface area contributed by atoms with Crippen molar-refractivity contribution < 1.29 is 22.5 Å². The van der Waals surface area contributed by atoms with Gasteiger partial charge in [0.2, 0.25) is 20.9 Å². The van der Waals surface area contributed by atoms with Crippen molar-refractivity contribution >= 4 is 39.9 Å². The quantitative estimate of drug-likeness (QED) is 0.363. The number of aromatic nitrogens is 2. The zero-order valence-electron chi connectivity index (χ0n) is 17.9. The van der Waals surface area contributed by atoms with E-state index in [-0.39, 0.29) is 28.7 Å². The molecule has 3 rings (SSSR count). The van der Waals surface area contributed by atoms with Crippen molar-refractivity contribution in [1.29, 1.82) is 0 Å². The molecule has 2 aliphatic heterocycles. The standard InChI is InChI=1S/C19H29BClN3O5S/c1-18(2)19(3,4)29-20(28-18)14-12-22-17(23-13-14)30(26,27)10-8-15-7-5-6-9-24(15)16(25)11-21/h12-13,15H,5-11H2,1-4H3. The number of halogens is 1. The predicted octanol–water partition coefficient (Wildman–Crippen LogP) is 1.56. The second-order valence-corrected chi connectivity index (χ2v) is 11.1. The van der Waals surface area contributed by atoms with Crippen LogP contribution in [0.15, 0.2) is 17.6 Å². The number of carbonyl (C=O) groups excluding carboxylic acids is 1. The van der Waals surface area contributed by atoms with E-state index < -0.39 is 28.2 Å². The van der Waals surface area contributed by atoms with Gasteiger partial charge in [0.15, 0.2) is 0 Å². The average molecular weight is 458 g/mol. The van der Waals surface area contributed by atoms with Crippen LogP contribution in [0, 0.1) is 0 Å². The van der Waals surface area contributed by atoms with E-state index in [9.17, 15) is 13.2 Å². The van der Waals surface area contributed by atoms with E-state index in [1.54, 1.807) is 4.90 Å². The van der Waals surface area contributed by atoms with Gasteiger partial charge in [0.1, 0.15) is 5.88 Å². The number of piperidine rings is 1. The lowest BCUT2D eigenvalue weighted by molar-refractivity contribution is -0.132. The maximum absolute atomic E-state index is 12.7. The second-order valence-electron chi connectivity index (χ2n) is 8.87. The minimum absolute atomic E-state index is 0.0905. The highest BCUT2D eigenvalue weighted by molar-refractivity contribution is 7.91. The van der Waals surface area contributed by atoms with Crippen LogP contribution in [0.5, 0.6) is 0 Å². The van der Waals surface area contributed by atoms with Crippen molar-refractivity contribution in [3.8, 4) is 0 Å². The molecule has 0 aromatic carbocycles. The number of amides is 1. The largest absolute Gasteiger partial charge is 0.498 e. The highest BCUT2D eigenvalue weighted by Crippen LogP contribution is 2.36. The Hall–Kier alpha value is -1.23. The zero-order chi connectivity index (χ0) is 22.2. The van der Waals surface area contributed by atoms with Crippen LogP contribution in [0.4, 0.5) is 0 Å². The number of likely N-dealkylation sites (tertiary alicyclic amines) is 1. The Balaban J connectivity index is 1.66. The molecule has 1 unspecified atom stereocenters. The molecule has 0 saturated carbocycles. The fourth-order valence-corrected chi connectivity index (χ4v) is 5.02. The molecule has 1 aromatic heterocycles. The summed E-state index contributed by atoms with van der Waals surface area (Å²) in [5.74, 6) is -0.367. The summed E-state index contributed by atoms with van der Waals surface area (Å²) in [5.41, 5.74) is -0.442. The van der Waals surface area contributed by atoms with E-state index in [2.05, 4.69) is 9.97 Å². The summed E-state index contributed by atoms with van der Waals surface area (Å²) in [6, 6.07) is -0.121. The number of nitrogens with zero attached hydrogens (tertiary/aromatic N) is 3. The summed E-state index contributed by atoms with van der Waals surface area (Å²) in [5, 5.41) is -0.228. The maximum atomic E-state index is 12.7. The van der Waals surface area contributed by atoms with Crippen LogP contribution >= 0.6 is 11.6 Å². The molecule has 30 heavy (non-hydrogen) atoms. The first-order chi connectivity index (χ1) is 14.0. The molecular weight excluding hydrogens is 429 g/mol. The van der Waals surface area contributed by atoms with Crippen LogP contribution in [0.25, 0.3) is 0 Å². The summed E-state index contributed by atoms with van der Waals surface area (Å²) < 4.78 is 37.4. The molecule has 3 heterocycles. The zero-order valence-corrected chi connectivity index (χ0v) is 19.5. The number of sulfone groups is 1. The van der Waals surface area contributed by atoms with Crippen molar-refractivity contribution in [2.75, 3.05) is 18.2 Å². The number of carbonyl (C=O) groups is 1. The van der Waals surface area contributed by atoms with Gasteiger partial charge in [0, 0.05) is 30.4 Å². The fourth-order valence-electron chi connectivity index (χ4n) is 3.68. The van der Waals surface area contributed by atoms with Crippen molar-refractivity contribution in [3.05, 3.63) is 12.4 Å². The Labute approximate surface area is 183 Å². The van der Waals surface area contributed by atoms with Gasteiger partial charge in [-0.1, -0.05) is 0 Å². The lowest BCUT2D eigenvalue weighted by Crippen LogP contribution is -2.45. The number of alkyl halides is 1. The average Bonchev–Trinajstić information content (AvgIpc) is 2.93. The van der Waals surface area contributed by atoms with Crippen molar-refractivity contribution in [1.82, 2.24) is 14.9 Å². The van der Waals surface area contributed by atoms with Gasteiger partial charge >= 0.3 is 7.12 Å². The normalized spacial score (nSPS) is 23.6. The Morgan fingerprint density at radius 3 is 2.37 bits per heavy atom. The van der Waals surface area contributed by atoms with E-state index in [0.717, 1.165) is 19.3 Å². The van der Waals surface area contributed by atoms with Gasteiger partial charge in [0.25, 0.3) is 0 Å². The number of rotatable bonds is 6. The summed E-state index contributed by atoms with van der Waals surface area (Å²) >= 11 is 5.69. The van der Waals surface area contributed by atoms with Crippen LogP contribution in [-0.4, -0.2) is 71.7 Å². The molecule has 8 nitrogen and oxygen atoms in total. The fraction of sp³-hybridized carbons (Fsp3) is 0.737. The predicted molar refractivity (Wildman–Crippen MR) is 114 cm³/mol. The molecule has 1 aromatic rings. The molecule has 1 amide bonds. The van der Waals surface area contributed by atoms with Crippen LogP contribution < -0.4 is 5.46 Å². The molecule has 0 radical (unpaired) electrons. The van der Waals surface area contributed by atoms with Crippen LogP contribution in [0.3, 0.4) is 0 Å². The van der Waals surface area contributed by atoms with Crippen LogP contribution in [0.1, 0.15) is 53.4 Å². The molecule has 0 aliphatic carbocycles. The Morgan fingerprint density at radius 1 is 1.20 bits per heavy atom. The maximum Gasteiger partial charge on any atom is 0.498 e. The third kappa shape index (κ3) is 4.82. The van der Waals surface area contributed by atoms with Gasteiger partial charge in [-0.2, -0.15) is 0 Å². The van der Waals surface area contributed by atoms with Crippen molar-refractivity contribution in [3.63, 3.8) is 0 Å². The number of hydrogen-bond acceptors (Lipinski definition) is 7. The molecule has 0 N–H and O–H groups in total. The summed E-state index contributed by atoms with van der Waals surface area (Å²) in [4.78, 5) is 21.9. The molecule has 166 valence electrons. The molecule has 0 spiro atoms. The highest BCUT2D eigenvalue weighted by Gasteiger charge is 2.52. The first-order valence-electron chi connectivity index (χ1n) is 10.2. The van der Waals surface area contributed by atoms with E-state index in [1.165, 1.54) is 12.4 Å². The van der Waals surface area contributed by atoms with E-state index >= 15 is 0 Å². The second kappa shape index (κ2) is 8.72. The van der Waals surface area contributed by atoms with Gasteiger partial charge in [-0.3, -0.25) is 4.79 Å². The lowest BCUT2D eigenvalue weighted by atomic mass is 9.81.